The molecule has 3 fully saturated rings. The third kappa shape index (κ3) is 2.02. The van der Waals surface area contributed by atoms with Gasteiger partial charge in [0.25, 0.3) is 5.91 Å². The summed E-state index contributed by atoms with van der Waals surface area (Å²) >= 11 is 0. The Morgan fingerprint density at radius 2 is 2.00 bits per heavy atom. The molecule has 6 heteroatoms. The molecule has 1 aromatic carbocycles. The van der Waals surface area contributed by atoms with Crippen molar-refractivity contribution in [3.63, 3.8) is 0 Å². The quantitative estimate of drug-likeness (QED) is 0.831. The SMILES string of the molecule is Cn1cccc1C(=O)N1CC[C@@]23O[C@@H](c4ccccc4)CN2C(=O)C[C@@H]13. The van der Waals surface area contributed by atoms with E-state index in [9.17, 15) is 9.59 Å². The van der Waals surface area contributed by atoms with Gasteiger partial charge in [-0.2, -0.15) is 0 Å². The molecule has 134 valence electrons. The number of nitrogens with zero attached hydrogens (tertiary/aromatic N) is 3. The summed E-state index contributed by atoms with van der Waals surface area (Å²) in [6.07, 6.45) is 2.75. The number of rotatable bonds is 2. The molecule has 3 aliphatic heterocycles. The Balaban J connectivity index is 1.46. The number of hydrogen-bond donors (Lipinski definition) is 0. The van der Waals surface area contributed by atoms with E-state index in [1.54, 1.807) is 0 Å². The first kappa shape index (κ1) is 15.6. The molecule has 3 saturated heterocycles. The normalized spacial score (nSPS) is 30.0. The Kier molecular flexibility index (Phi) is 3.28. The third-order valence-corrected chi connectivity index (χ3v) is 6.02. The summed E-state index contributed by atoms with van der Waals surface area (Å²) in [6, 6.07) is 13.5. The lowest BCUT2D eigenvalue weighted by atomic mass is 10.1. The molecule has 26 heavy (non-hydrogen) atoms. The van der Waals surface area contributed by atoms with Gasteiger partial charge in [0.15, 0.2) is 5.72 Å². The smallest absolute Gasteiger partial charge is 0.270 e. The van der Waals surface area contributed by atoms with Gasteiger partial charge in [0, 0.05) is 26.2 Å². The molecule has 0 aliphatic carbocycles. The lowest BCUT2D eigenvalue weighted by Gasteiger charge is -2.32. The molecular weight excluding hydrogens is 330 g/mol. The van der Waals surface area contributed by atoms with Gasteiger partial charge >= 0.3 is 0 Å². The number of aromatic nitrogens is 1. The maximum Gasteiger partial charge on any atom is 0.270 e. The van der Waals surface area contributed by atoms with Crippen molar-refractivity contribution in [3.05, 3.63) is 59.9 Å². The molecule has 3 aliphatic rings. The van der Waals surface area contributed by atoms with Gasteiger partial charge < -0.3 is 19.1 Å². The molecule has 6 nitrogen and oxygen atoms in total. The maximum absolute atomic E-state index is 13.0. The van der Waals surface area contributed by atoms with Crippen LogP contribution in [-0.2, 0) is 16.6 Å². The van der Waals surface area contributed by atoms with Gasteiger partial charge in [0.2, 0.25) is 5.91 Å². The van der Waals surface area contributed by atoms with E-state index in [4.69, 9.17) is 4.74 Å². The van der Waals surface area contributed by atoms with E-state index in [-0.39, 0.29) is 24.0 Å². The van der Waals surface area contributed by atoms with Crippen LogP contribution in [0.1, 0.15) is 35.0 Å². The Morgan fingerprint density at radius 1 is 1.19 bits per heavy atom. The van der Waals surface area contributed by atoms with Crippen LogP contribution in [0, 0.1) is 0 Å². The van der Waals surface area contributed by atoms with Gasteiger partial charge in [0.05, 0.1) is 19.0 Å². The fourth-order valence-corrected chi connectivity index (χ4v) is 4.74. The molecule has 2 amide bonds. The molecule has 0 N–H and O–H groups in total. The van der Waals surface area contributed by atoms with Crippen LogP contribution in [0.4, 0.5) is 0 Å². The largest absolute Gasteiger partial charge is 0.347 e. The number of benzene rings is 1. The van der Waals surface area contributed by atoms with E-state index in [0.29, 0.717) is 31.6 Å². The molecule has 1 aromatic heterocycles. The second kappa shape index (κ2) is 5.45. The van der Waals surface area contributed by atoms with Crippen LogP contribution in [0.25, 0.3) is 0 Å². The monoisotopic (exact) mass is 351 g/mol. The van der Waals surface area contributed by atoms with Crippen LogP contribution in [-0.4, -0.2) is 51.0 Å². The maximum atomic E-state index is 13.0. The highest BCUT2D eigenvalue weighted by molar-refractivity contribution is 5.94. The zero-order valence-electron chi connectivity index (χ0n) is 14.7. The average Bonchev–Trinajstić information content (AvgIpc) is 3.37. The minimum absolute atomic E-state index is 0.0270. The highest BCUT2D eigenvalue weighted by atomic mass is 16.5. The van der Waals surface area contributed by atoms with Crippen LogP contribution in [0.2, 0.25) is 0 Å². The summed E-state index contributed by atoms with van der Waals surface area (Å²) in [5.74, 6) is 0.0543. The van der Waals surface area contributed by atoms with Crippen molar-refractivity contribution in [2.45, 2.75) is 30.7 Å². The van der Waals surface area contributed by atoms with Gasteiger partial charge in [0.1, 0.15) is 11.8 Å². The predicted molar refractivity (Wildman–Crippen MR) is 94.2 cm³/mol. The van der Waals surface area contributed by atoms with Crippen molar-refractivity contribution in [1.82, 2.24) is 14.4 Å². The molecule has 5 rings (SSSR count). The number of ether oxygens (including phenoxy) is 1. The summed E-state index contributed by atoms with van der Waals surface area (Å²) < 4.78 is 8.31. The first-order valence-corrected chi connectivity index (χ1v) is 9.06. The van der Waals surface area contributed by atoms with Crippen molar-refractivity contribution in [2.24, 2.45) is 7.05 Å². The summed E-state index contributed by atoms with van der Waals surface area (Å²) in [4.78, 5) is 29.4. The van der Waals surface area contributed by atoms with Crippen LogP contribution in [0.15, 0.2) is 48.7 Å². The minimum Gasteiger partial charge on any atom is -0.347 e. The fraction of sp³-hybridized carbons (Fsp3) is 0.400. The summed E-state index contributed by atoms with van der Waals surface area (Å²) in [7, 11) is 1.86. The topological polar surface area (TPSA) is 54.8 Å². The Morgan fingerprint density at radius 3 is 2.73 bits per heavy atom. The van der Waals surface area contributed by atoms with Gasteiger partial charge in [-0.15, -0.1) is 0 Å². The average molecular weight is 351 g/mol. The number of carbonyl (C=O) groups is 2. The highest BCUT2D eigenvalue weighted by Gasteiger charge is 2.65. The number of amides is 2. The molecule has 0 unspecified atom stereocenters. The van der Waals surface area contributed by atoms with Crippen molar-refractivity contribution in [1.29, 1.82) is 0 Å². The van der Waals surface area contributed by atoms with Gasteiger partial charge in [-0.1, -0.05) is 30.3 Å². The highest BCUT2D eigenvalue weighted by Crippen LogP contribution is 2.50. The fourth-order valence-electron chi connectivity index (χ4n) is 4.74. The molecule has 0 radical (unpaired) electrons. The predicted octanol–water partition coefficient (Wildman–Crippen LogP) is 1.94. The van der Waals surface area contributed by atoms with Gasteiger partial charge in [-0.25, -0.2) is 0 Å². The van der Waals surface area contributed by atoms with E-state index in [2.05, 4.69) is 0 Å². The first-order valence-electron chi connectivity index (χ1n) is 9.06. The second-order valence-electron chi connectivity index (χ2n) is 7.34. The van der Waals surface area contributed by atoms with Crippen molar-refractivity contribution >= 4 is 11.8 Å². The van der Waals surface area contributed by atoms with Gasteiger partial charge in [-0.05, 0) is 17.7 Å². The zero-order chi connectivity index (χ0) is 17.9. The molecule has 1 spiro atoms. The van der Waals surface area contributed by atoms with Crippen molar-refractivity contribution in [2.75, 3.05) is 13.1 Å². The molecule has 4 heterocycles. The number of carbonyl (C=O) groups excluding carboxylic acids is 2. The van der Waals surface area contributed by atoms with E-state index in [1.165, 1.54) is 0 Å². The Bertz CT molecular complexity index is 877. The minimum atomic E-state index is -0.668. The Hall–Kier alpha value is -2.60. The van der Waals surface area contributed by atoms with E-state index in [1.807, 2.05) is 70.1 Å². The number of aryl methyl sites for hydroxylation is 1. The number of hydrogen-bond acceptors (Lipinski definition) is 3. The summed E-state index contributed by atoms with van der Waals surface area (Å²) in [6.45, 7) is 1.17. The second-order valence-corrected chi connectivity index (χ2v) is 7.34. The van der Waals surface area contributed by atoms with Crippen LogP contribution >= 0.6 is 0 Å². The van der Waals surface area contributed by atoms with E-state index < -0.39 is 5.72 Å². The first-order chi connectivity index (χ1) is 12.6. The van der Waals surface area contributed by atoms with Crippen LogP contribution < -0.4 is 0 Å². The van der Waals surface area contributed by atoms with Crippen molar-refractivity contribution in [3.8, 4) is 0 Å². The molecule has 2 aromatic rings. The van der Waals surface area contributed by atoms with Crippen molar-refractivity contribution < 1.29 is 14.3 Å². The Labute approximate surface area is 151 Å². The molecule has 3 atom stereocenters. The van der Waals surface area contributed by atoms with Crippen LogP contribution in [0.5, 0.6) is 0 Å². The van der Waals surface area contributed by atoms with E-state index in [0.717, 1.165) is 5.56 Å². The van der Waals surface area contributed by atoms with E-state index >= 15 is 0 Å². The van der Waals surface area contributed by atoms with Crippen LogP contribution in [0.3, 0.4) is 0 Å². The molecular formula is C20H21N3O3. The molecule has 0 bridgehead atoms. The van der Waals surface area contributed by atoms with Gasteiger partial charge in [-0.3, -0.25) is 9.59 Å². The molecule has 0 saturated carbocycles. The zero-order valence-corrected chi connectivity index (χ0v) is 14.7. The lowest BCUT2D eigenvalue weighted by Crippen LogP contribution is -2.49. The number of likely N-dealkylation sites (tertiary alicyclic amines) is 1. The summed E-state index contributed by atoms with van der Waals surface area (Å²) in [5.41, 5.74) is 1.05. The third-order valence-electron chi connectivity index (χ3n) is 6.02. The standard InChI is InChI=1S/C20H21N3O3/c1-21-10-5-8-15(21)19(25)22-11-9-20-17(22)12-18(24)23(20)13-16(26-20)14-6-3-2-4-7-14/h2-8,10,16-17H,9,11-13H2,1H3/t16-,17-,20+/m1/s1. The summed E-state index contributed by atoms with van der Waals surface area (Å²) in [5, 5.41) is 0. The lowest BCUT2D eigenvalue weighted by molar-refractivity contribution is -0.138.